The van der Waals surface area contributed by atoms with Gasteiger partial charge in [0.25, 0.3) is 0 Å². The second kappa shape index (κ2) is 24.9. The summed E-state index contributed by atoms with van der Waals surface area (Å²) in [6.07, 6.45) is 0. The molecule has 9 N–H and O–H groups in total. The van der Waals surface area contributed by atoms with Crippen LogP contribution in [0.25, 0.3) is 0 Å². The van der Waals surface area contributed by atoms with Gasteiger partial charge in [0.1, 0.15) is 0 Å². The summed E-state index contributed by atoms with van der Waals surface area (Å²) in [6.45, 7) is 0. The molecule has 0 saturated carbocycles. The zero-order valence-electron chi connectivity index (χ0n) is 13.9. The van der Waals surface area contributed by atoms with Gasteiger partial charge >= 0.3 is 200 Å². The first-order valence-corrected chi connectivity index (χ1v) is 10.3. The molecule has 0 saturated heterocycles. The molecule has 0 radical (unpaired) electrons. The third kappa shape index (κ3) is 253. The number of rotatable bonds is 0. The fraction of sp³-hybridized carbons (Fsp3) is 0. The van der Waals surface area contributed by atoms with Gasteiger partial charge < -0.3 is 8.56 Å². The van der Waals surface area contributed by atoms with E-state index >= 15 is 0 Å². The molecule has 0 aromatic rings. The van der Waals surface area contributed by atoms with E-state index < -0.39 is 45.9 Å². The van der Waals surface area contributed by atoms with E-state index in [0.29, 0.717) is 0 Å². The quantitative estimate of drug-likeness (QED) is 0.138. The molecule has 0 spiro atoms. The van der Waals surface area contributed by atoms with Crippen LogP contribution in [-0.2, 0) is 3.74 Å². The Hall–Kier alpha value is 4.89. The van der Waals surface area contributed by atoms with Gasteiger partial charge in [-0.25, -0.2) is 0 Å². The zero-order chi connectivity index (χ0) is 11.7. The summed E-state index contributed by atoms with van der Waals surface area (Å²) in [6, 6.07) is 0. The number of hydrogen-bond acceptors (Lipinski definition) is 7. The van der Waals surface area contributed by atoms with Gasteiger partial charge in [-0.05, 0) is 0 Å². The Bertz CT molecular complexity index is 132. The topological polar surface area (TPSA) is 199 Å². The Kier molecular flexibility index (Phi) is 58.0. The van der Waals surface area contributed by atoms with Crippen molar-refractivity contribution in [3.05, 3.63) is 0 Å². The molecule has 0 aromatic carbocycles. The van der Waals surface area contributed by atoms with E-state index in [1.54, 1.807) is 0 Å². The van der Waals surface area contributed by atoms with Gasteiger partial charge in [-0.3, -0.25) is 0 Å². The van der Waals surface area contributed by atoms with E-state index in [9.17, 15) is 0 Å². The second-order valence-electron chi connectivity index (χ2n) is 1.05. The Morgan fingerprint density at radius 2 is 0.688 bits per heavy atom. The molecule has 0 aliphatic heterocycles. The smallest absolute Gasteiger partial charge is 1.00 e. The van der Waals surface area contributed by atoms with Crippen LogP contribution in [0.15, 0.2) is 0 Å². The van der Waals surface area contributed by atoms with Gasteiger partial charge in [0, 0.05) is 0 Å². The summed E-state index contributed by atoms with van der Waals surface area (Å²) in [5.74, 6) is 0. The monoisotopic (exact) mass is 520 g/mol. The zero-order valence-corrected chi connectivity index (χ0v) is 20.2. The SMILES string of the molecule is O=[As](O)(O)O.O[As](O)O.O[As](O)O.[Ca+2].[Ca+2].[Ca+2].[H-].[H-].[H-].[H-].[H-].[H-]. The molecular formula is H15As3Ca3O10. The fourth-order valence-electron chi connectivity index (χ4n) is 0. The predicted molar refractivity (Wildman–Crippen MR) is 61.9 cm³/mol. The van der Waals surface area contributed by atoms with Gasteiger partial charge in [0.2, 0.25) is 0 Å². The summed E-state index contributed by atoms with van der Waals surface area (Å²) >= 11 is -11.5. The summed E-state index contributed by atoms with van der Waals surface area (Å²) in [5, 5.41) is 0. The molecule has 16 heteroatoms. The van der Waals surface area contributed by atoms with E-state index in [1.165, 1.54) is 0 Å². The Morgan fingerprint density at radius 1 is 0.688 bits per heavy atom. The van der Waals surface area contributed by atoms with Crippen molar-refractivity contribution in [1.29, 1.82) is 0 Å². The van der Waals surface area contributed by atoms with Crippen molar-refractivity contribution in [3.8, 4) is 0 Å². The molecule has 0 atom stereocenters. The molecule has 0 unspecified atom stereocenters. The average Bonchev–Trinajstić information content (AvgIpc) is 1.50. The summed E-state index contributed by atoms with van der Waals surface area (Å²) in [7, 11) is 0. The van der Waals surface area contributed by atoms with Gasteiger partial charge in [0.05, 0.1) is 0 Å². The standard InChI is InChI=1S/AsH3O4.2AsH3O3.3Ca.6H/c2-1(3,4)5;2*2-1(3)4;;;;;;;;;/h(H3,2,3,4,5);2*2-4H;;;;;;;;;/q;;;3*+2;6*-1. The van der Waals surface area contributed by atoms with Crippen LogP contribution < -0.4 is 0 Å². The van der Waals surface area contributed by atoms with E-state index in [1.807, 2.05) is 0 Å². The molecule has 10 nitrogen and oxygen atoms in total. The van der Waals surface area contributed by atoms with Crippen LogP contribution in [-0.4, -0.2) is 196 Å². The maximum absolute atomic E-state index is 8.94. The van der Waals surface area contributed by atoms with Crippen LogP contribution in [0.1, 0.15) is 8.56 Å². The molecule has 96 valence electrons. The molecular weight excluding hydrogens is 505 g/mol. The molecule has 0 aliphatic rings. The van der Waals surface area contributed by atoms with Gasteiger partial charge in [-0.2, -0.15) is 0 Å². The van der Waals surface area contributed by atoms with E-state index in [-0.39, 0.29) is 122 Å². The van der Waals surface area contributed by atoms with Gasteiger partial charge in [-0.15, -0.1) is 0 Å². The van der Waals surface area contributed by atoms with Crippen LogP contribution in [0.4, 0.5) is 0 Å². The first-order chi connectivity index (χ1) is 5.46. The summed E-state index contributed by atoms with van der Waals surface area (Å²) in [5.41, 5.74) is 0. The van der Waals surface area contributed by atoms with Crippen LogP contribution >= 0.6 is 0 Å². The van der Waals surface area contributed by atoms with Crippen LogP contribution in [0, 0.1) is 0 Å². The average molecular weight is 520 g/mol. The predicted octanol–water partition coefficient (Wildman–Crippen LogP) is -6.74. The van der Waals surface area contributed by atoms with Crippen LogP contribution in [0.5, 0.6) is 0 Å². The maximum atomic E-state index is 8.94. The molecule has 0 fully saturated rings. The number of hydrogen-bond donors (Lipinski definition) is 9. The summed E-state index contributed by atoms with van der Waals surface area (Å²) < 4.78 is 74.6. The fourth-order valence-corrected chi connectivity index (χ4v) is 0. The van der Waals surface area contributed by atoms with E-state index in [0.717, 1.165) is 0 Å². The molecule has 0 heterocycles. The minimum absolute atomic E-state index is 0. The minimum Gasteiger partial charge on any atom is -1.00 e. The molecule has 0 rings (SSSR count). The Labute approximate surface area is 204 Å². The first-order valence-electron chi connectivity index (χ1n) is 1.98. The Morgan fingerprint density at radius 3 is 0.688 bits per heavy atom. The summed E-state index contributed by atoms with van der Waals surface area (Å²) in [4.78, 5) is 0. The molecule has 0 aromatic heterocycles. The van der Waals surface area contributed by atoms with Crippen molar-refractivity contribution >= 4 is 159 Å². The van der Waals surface area contributed by atoms with Crippen LogP contribution in [0.2, 0.25) is 0 Å². The normalized spacial score (nSPS) is 8.19. The molecule has 0 bridgehead atoms. The second-order valence-corrected chi connectivity index (χ2v) is 5.46. The molecule has 16 heavy (non-hydrogen) atoms. The van der Waals surface area contributed by atoms with E-state index in [4.69, 9.17) is 40.6 Å². The minimum atomic E-state index is -5.12. The van der Waals surface area contributed by atoms with Crippen molar-refractivity contribution in [3.63, 3.8) is 0 Å². The van der Waals surface area contributed by atoms with Crippen molar-refractivity contribution in [2.24, 2.45) is 0 Å². The van der Waals surface area contributed by atoms with Gasteiger partial charge in [-0.1, -0.05) is 0 Å². The van der Waals surface area contributed by atoms with Crippen molar-refractivity contribution < 1.29 is 49.2 Å². The van der Waals surface area contributed by atoms with Gasteiger partial charge in [0.15, 0.2) is 0 Å². The van der Waals surface area contributed by atoms with Crippen molar-refractivity contribution in [1.82, 2.24) is 0 Å². The van der Waals surface area contributed by atoms with E-state index in [2.05, 4.69) is 0 Å². The Balaban J connectivity index is -0.00000000569. The molecule has 0 aliphatic carbocycles. The third-order valence-corrected chi connectivity index (χ3v) is 0. The van der Waals surface area contributed by atoms with Crippen molar-refractivity contribution in [2.45, 2.75) is 0 Å². The first kappa shape index (κ1) is 37.3. The maximum Gasteiger partial charge on any atom is 2.00 e. The third-order valence-electron chi connectivity index (χ3n) is 0. The van der Waals surface area contributed by atoms with Crippen LogP contribution in [0.3, 0.4) is 0 Å². The van der Waals surface area contributed by atoms with Crippen molar-refractivity contribution in [2.75, 3.05) is 0 Å². The largest absolute Gasteiger partial charge is 2.00 e. The molecule has 0 amide bonds.